The predicted octanol–water partition coefficient (Wildman–Crippen LogP) is 2.72. The van der Waals surface area contributed by atoms with Crippen molar-refractivity contribution in [1.82, 2.24) is 0 Å². The molecule has 5 heteroatoms. The minimum atomic E-state index is -1.11. The number of nitrogens with zero attached hydrogens (tertiary/aromatic N) is 1. The second-order valence-corrected chi connectivity index (χ2v) is 3.67. The van der Waals surface area contributed by atoms with Crippen LogP contribution in [0.2, 0.25) is 0 Å². The van der Waals surface area contributed by atoms with Crippen LogP contribution in [0.4, 0.5) is 4.39 Å². The molecule has 0 aliphatic heterocycles. The van der Waals surface area contributed by atoms with Gasteiger partial charge < -0.3 is 4.74 Å². The summed E-state index contributed by atoms with van der Waals surface area (Å²) < 4.78 is 17.9. The molecule has 0 amide bonds. The van der Waals surface area contributed by atoms with Crippen molar-refractivity contribution in [3.05, 3.63) is 45.5 Å². The van der Waals surface area contributed by atoms with Crippen molar-refractivity contribution >= 4 is 21.9 Å². The van der Waals surface area contributed by atoms with Crippen molar-refractivity contribution in [2.45, 2.75) is 6.04 Å². The molecule has 0 heterocycles. The summed E-state index contributed by atoms with van der Waals surface area (Å²) in [5, 5.41) is 0. The lowest BCUT2D eigenvalue weighted by Crippen LogP contribution is -2.10. The number of hydrogen-bond acceptors (Lipinski definition) is 2. The molecule has 1 unspecified atom stereocenters. The summed E-state index contributed by atoms with van der Waals surface area (Å²) in [4.78, 5) is 14.3. The number of esters is 1. The van der Waals surface area contributed by atoms with Gasteiger partial charge in [-0.2, -0.15) is 0 Å². The summed E-state index contributed by atoms with van der Waals surface area (Å²) in [6, 6.07) is 2.80. The number of benzene rings is 1. The van der Waals surface area contributed by atoms with Crippen LogP contribution in [0.25, 0.3) is 4.85 Å². The smallest absolute Gasteiger partial charge is 0.395 e. The Kier molecular flexibility index (Phi) is 3.81. The van der Waals surface area contributed by atoms with E-state index in [1.54, 1.807) is 0 Å². The van der Waals surface area contributed by atoms with Gasteiger partial charge in [-0.05, 0) is 18.2 Å². The molecule has 1 aromatic rings. The standard InChI is InChI=1S/C10H7BrFNO2/c1-13-9(10(14)15-2)6-3-7(11)5-8(12)4-6/h3-5,9H,2H3. The van der Waals surface area contributed by atoms with Gasteiger partial charge in [0.25, 0.3) is 0 Å². The van der Waals surface area contributed by atoms with Crippen molar-refractivity contribution in [3.63, 3.8) is 0 Å². The van der Waals surface area contributed by atoms with E-state index in [1.807, 2.05) is 0 Å². The Hall–Kier alpha value is -1.41. The maximum Gasteiger partial charge on any atom is 0.395 e. The minimum absolute atomic E-state index is 0.281. The van der Waals surface area contributed by atoms with Crippen LogP contribution >= 0.6 is 15.9 Å². The van der Waals surface area contributed by atoms with Crippen molar-refractivity contribution in [1.29, 1.82) is 0 Å². The summed E-state index contributed by atoms with van der Waals surface area (Å²) >= 11 is 3.09. The van der Waals surface area contributed by atoms with Crippen LogP contribution in [0.1, 0.15) is 11.6 Å². The summed E-state index contributed by atoms with van der Waals surface area (Å²) in [5.41, 5.74) is 0.281. The minimum Gasteiger partial charge on any atom is -0.463 e. The van der Waals surface area contributed by atoms with Gasteiger partial charge in [-0.3, -0.25) is 4.85 Å². The Bertz CT molecular complexity index is 408. The molecule has 0 fully saturated rings. The quantitative estimate of drug-likeness (QED) is 0.612. The molecular weight excluding hydrogens is 265 g/mol. The number of hydrogen-bond donors (Lipinski definition) is 0. The molecular formula is C10H7BrFNO2. The van der Waals surface area contributed by atoms with Crippen LogP contribution in [0.5, 0.6) is 0 Å². The lowest BCUT2D eigenvalue weighted by atomic mass is 10.1. The highest BCUT2D eigenvalue weighted by atomic mass is 79.9. The molecule has 0 aliphatic rings. The summed E-state index contributed by atoms with van der Waals surface area (Å²) in [5.74, 6) is -1.19. The van der Waals surface area contributed by atoms with Crippen molar-refractivity contribution in [3.8, 4) is 0 Å². The Morgan fingerprint density at radius 2 is 2.27 bits per heavy atom. The Morgan fingerprint density at radius 3 is 2.73 bits per heavy atom. The molecule has 0 aliphatic carbocycles. The van der Waals surface area contributed by atoms with Gasteiger partial charge in [0.1, 0.15) is 5.82 Å². The molecule has 0 bridgehead atoms. The van der Waals surface area contributed by atoms with Crippen molar-refractivity contribution in [2.24, 2.45) is 0 Å². The van der Waals surface area contributed by atoms with Crippen LogP contribution in [-0.2, 0) is 9.53 Å². The zero-order valence-corrected chi connectivity index (χ0v) is 9.42. The normalized spacial score (nSPS) is 11.6. The topological polar surface area (TPSA) is 30.7 Å². The van der Waals surface area contributed by atoms with Gasteiger partial charge in [0.15, 0.2) is 0 Å². The third-order valence-corrected chi connectivity index (χ3v) is 2.21. The molecule has 78 valence electrons. The maximum absolute atomic E-state index is 13.0. The van der Waals surface area contributed by atoms with Gasteiger partial charge in [-0.1, -0.05) is 15.9 Å². The first-order chi connectivity index (χ1) is 7.08. The Morgan fingerprint density at radius 1 is 1.60 bits per heavy atom. The predicted molar refractivity (Wildman–Crippen MR) is 55.5 cm³/mol. The number of ether oxygens (including phenoxy) is 1. The second kappa shape index (κ2) is 4.89. The van der Waals surface area contributed by atoms with Crippen LogP contribution in [0.15, 0.2) is 22.7 Å². The first-order valence-electron chi connectivity index (χ1n) is 3.99. The van der Waals surface area contributed by atoms with Crippen LogP contribution in [-0.4, -0.2) is 13.1 Å². The van der Waals surface area contributed by atoms with E-state index < -0.39 is 17.8 Å². The molecule has 0 aromatic heterocycles. The Balaban J connectivity index is 3.14. The van der Waals surface area contributed by atoms with E-state index in [1.165, 1.54) is 19.2 Å². The molecule has 0 N–H and O–H groups in total. The van der Waals surface area contributed by atoms with Crippen molar-refractivity contribution < 1.29 is 13.9 Å². The number of carbonyl (C=O) groups is 1. The van der Waals surface area contributed by atoms with E-state index in [0.717, 1.165) is 6.07 Å². The highest BCUT2D eigenvalue weighted by Gasteiger charge is 2.27. The van der Waals surface area contributed by atoms with Gasteiger partial charge in [-0.15, -0.1) is 0 Å². The monoisotopic (exact) mass is 271 g/mol. The van der Waals surface area contributed by atoms with Crippen molar-refractivity contribution in [2.75, 3.05) is 7.11 Å². The van der Waals surface area contributed by atoms with Crippen LogP contribution in [0, 0.1) is 12.4 Å². The average Bonchev–Trinajstić information content (AvgIpc) is 2.17. The van der Waals surface area contributed by atoms with Crippen LogP contribution < -0.4 is 0 Å². The van der Waals surface area contributed by atoms with E-state index >= 15 is 0 Å². The number of rotatable bonds is 2. The number of carbonyl (C=O) groups excluding carboxylic acids is 1. The van der Waals surface area contributed by atoms with Gasteiger partial charge >= 0.3 is 12.0 Å². The molecule has 1 aromatic carbocycles. The molecule has 0 saturated heterocycles. The van der Waals surface area contributed by atoms with Gasteiger partial charge in [0.2, 0.25) is 0 Å². The molecule has 1 atom stereocenters. The molecule has 15 heavy (non-hydrogen) atoms. The SMILES string of the molecule is [C-]#[N+]C(C(=O)OC)c1cc(F)cc(Br)c1. The molecule has 1 rings (SSSR count). The fourth-order valence-electron chi connectivity index (χ4n) is 1.11. The first-order valence-corrected chi connectivity index (χ1v) is 4.78. The Labute approximate surface area is 94.8 Å². The van der Waals surface area contributed by atoms with E-state index in [9.17, 15) is 9.18 Å². The first kappa shape index (κ1) is 11.7. The number of methoxy groups -OCH3 is 1. The molecule has 0 radical (unpaired) electrons. The largest absolute Gasteiger partial charge is 0.463 e. The highest BCUT2D eigenvalue weighted by molar-refractivity contribution is 9.10. The molecule has 0 saturated carbocycles. The third-order valence-electron chi connectivity index (χ3n) is 1.75. The lowest BCUT2D eigenvalue weighted by molar-refractivity contribution is -0.141. The van der Waals surface area contributed by atoms with Gasteiger partial charge in [0.05, 0.1) is 7.11 Å². The summed E-state index contributed by atoms with van der Waals surface area (Å²) in [6.07, 6.45) is 0. The fraction of sp³-hybridized carbons (Fsp3) is 0.200. The zero-order valence-electron chi connectivity index (χ0n) is 7.83. The molecule has 0 spiro atoms. The lowest BCUT2D eigenvalue weighted by Gasteiger charge is -2.04. The number of halogens is 2. The highest BCUT2D eigenvalue weighted by Crippen LogP contribution is 2.23. The van der Waals surface area contributed by atoms with E-state index in [2.05, 4.69) is 25.5 Å². The molecule has 3 nitrogen and oxygen atoms in total. The zero-order chi connectivity index (χ0) is 11.4. The van der Waals surface area contributed by atoms with E-state index in [4.69, 9.17) is 6.57 Å². The van der Waals surface area contributed by atoms with E-state index in [0.29, 0.717) is 4.47 Å². The second-order valence-electron chi connectivity index (χ2n) is 2.76. The summed E-state index contributed by atoms with van der Waals surface area (Å²) in [6.45, 7) is 6.86. The van der Waals surface area contributed by atoms with Gasteiger partial charge in [0, 0.05) is 10.0 Å². The van der Waals surface area contributed by atoms with E-state index in [-0.39, 0.29) is 5.56 Å². The fourth-order valence-corrected chi connectivity index (χ4v) is 1.59. The average molecular weight is 272 g/mol. The van der Waals surface area contributed by atoms with Crippen LogP contribution in [0.3, 0.4) is 0 Å². The van der Waals surface area contributed by atoms with Gasteiger partial charge in [-0.25, -0.2) is 15.8 Å². The third kappa shape index (κ3) is 2.77. The maximum atomic E-state index is 13.0. The summed E-state index contributed by atoms with van der Waals surface area (Å²) in [7, 11) is 1.19.